The van der Waals surface area contributed by atoms with Crippen molar-refractivity contribution in [1.82, 2.24) is 4.98 Å². The maximum absolute atomic E-state index is 13.7. The molecular formula is C17H12FNO2. The van der Waals surface area contributed by atoms with Gasteiger partial charge in [-0.2, -0.15) is 0 Å². The number of hydrogen-bond donors (Lipinski definition) is 0. The summed E-state index contributed by atoms with van der Waals surface area (Å²) in [5.41, 5.74) is 0.793. The molecular weight excluding hydrogens is 269 g/mol. The monoisotopic (exact) mass is 281 g/mol. The van der Waals surface area contributed by atoms with Crippen molar-refractivity contribution in [3.05, 3.63) is 66.1 Å². The molecule has 0 atom stereocenters. The fourth-order valence-electron chi connectivity index (χ4n) is 2.16. The number of rotatable bonds is 3. The number of nitrogens with zero attached hydrogens (tertiary/aromatic N) is 1. The first-order chi connectivity index (χ1) is 10.1. The summed E-state index contributed by atoms with van der Waals surface area (Å²) in [6, 6.07) is 13.7. The molecule has 3 nitrogen and oxygen atoms in total. The number of carbonyl (C=O) groups is 1. The number of ether oxygens (including phenoxy) is 1. The Balaban J connectivity index is 2.02. The summed E-state index contributed by atoms with van der Waals surface area (Å²) in [6.45, 7) is 1.31. The minimum atomic E-state index is -0.589. The zero-order valence-electron chi connectivity index (χ0n) is 11.3. The average Bonchev–Trinajstić information content (AvgIpc) is 2.47. The predicted molar refractivity (Wildman–Crippen MR) is 78.2 cm³/mol. The molecule has 0 amide bonds. The molecule has 1 heterocycles. The van der Waals surface area contributed by atoms with Gasteiger partial charge in [-0.3, -0.25) is 9.78 Å². The van der Waals surface area contributed by atoms with Gasteiger partial charge in [0, 0.05) is 5.39 Å². The van der Waals surface area contributed by atoms with Crippen molar-refractivity contribution in [3.8, 4) is 11.5 Å². The molecule has 1 aromatic heterocycles. The lowest BCUT2D eigenvalue weighted by Crippen LogP contribution is -2.01. The van der Waals surface area contributed by atoms with Gasteiger partial charge in [-0.15, -0.1) is 0 Å². The van der Waals surface area contributed by atoms with Gasteiger partial charge in [0.2, 0.25) is 0 Å². The number of pyridine rings is 1. The highest BCUT2D eigenvalue weighted by atomic mass is 19.1. The van der Waals surface area contributed by atoms with Crippen LogP contribution in [-0.2, 0) is 0 Å². The molecule has 0 saturated carbocycles. The summed E-state index contributed by atoms with van der Waals surface area (Å²) in [5, 5.41) is 0.913. The van der Waals surface area contributed by atoms with Gasteiger partial charge >= 0.3 is 0 Å². The van der Waals surface area contributed by atoms with Crippen LogP contribution in [0, 0.1) is 5.82 Å². The molecule has 0 N–H and O–H groups in total. The third-order valence-corrected chi connectivity index (χ3v) is 3.12. The molecule has 0 radical (unpaired) electrons. The Kier molecular flexibility index (Phi) is 3.36. The van der Waals surface area contributed by atoms with Crippen LogP contribution in [0.15, 0.2) is 54.7 Å². The molecule has 0 saturated heterocycles. The highest BCUT2D eigenvalue weighted by Crippen LogP contribution is 2.28. The molecule has 3 aromatic rings. The van der Waals surface area contributed by atoms with Crippen molar-refractivity contribution in [3.63, 3.8) is 0 Å². The van der Waals surface area contributed by atoms with Gasteiger partial charge in [-0.25, -0.2) is 4.39 Å². The third-order valence-electron chi connectivity index (χ3n) is 3.12. The summed E-state index contributed by atoms with van der Waals surface area (Å²) in [6.07, 6.45) is 1.55. The second kappa shape index (κ2) is 5.32. The van der Waals surface area contributed by atoms with Crippen molar-refractivity contribution >= 4 is 16.7 Å². The van der Waals surface area contributed by atoms with Crippen molar-refractivity contribution in [2.75, 3.05) is 0 Å². The number of benzene rings is 2. The highest BCUT2D eigenvalue weighted by molar-refractivity contribution is 5.97. The third kappa shape index (κ3) is 2.60. The fourth-order valence-corrected chi connectivity index (χ4v) is 2.16. The number of halogens is 1. The lowest BCUT2D eigenvalue weighted by atomic mass is 10.1. The Labute approximate surface area is 121 Å². The van der Waals surface area contributed by atoms with E-state index in [4.69, 9.17) is 4.74 Å². The molecule has 2 aromatic carbocycles. The largest absolute Gasteiger partial charge is 0.455 e. The maximum Gasteiger partial charge on any atom is 0.166 e. The van der Waals surface area contributed by atoms with Crippen LogP contribution in [0.1, 0.15) is 17.3 Å². The van der Waals surface area contributed by atoms with E-state index in [1.54, 1.807) is 18.3 Å². The van der Waals surface area contributed by atoms with Gasteiger partial charge in [0.25, 0.3) is 0 Å². The SMILES string of the molecule is CC(=O)c1c(F)cccc1Oc1cnc2ccccc2c1. The summed E-state index contributed by atoms with van der Waals surface area (Å²) in [4.78, 5) is 15.8. The van der Waals surface area contributed by atoms with Crippen molar-refractivity contribution < 1.29 is 13.9 Å². The highest BCUT2D eigenvalue weighted by Gasteiger charge is 2.15. The lowest BCUT2D eigenvalue weighted by Gasteiger charge is -2.10. The summed E-state index contributed by atoms with van der Waals surface area (Å²) >= 11 is 0. The molecule has 0 aliphatic carbocycles. The van der Waals surface area contributed by atoms with Crippen molar-refractivity contribution in [2.45, 2.75) is 6.92 Å². The standard InChI is InChI=1S/C17H12FNO2/c1-11(20)17-14(18)6-4-8-16(17)21-13-9-12-5-2-3-7-15(12)19-10-13/h2-10H,1H3. The molecule has 0 aliphatic rings. The van der Waals surface area contributed by atoms with E-state index >= 15 is 0 Å². The van der Waals surface area contributed by atoms with Crippen molar-refractivity contribution in [2.24, 2.45) is 0 Å². The fraction of sp³-hybridized carbons (Fsp3) is 0.0588. The number of para-hydroxylation sites is 1. The van der Waals surface area contributed by atoms with Crippen LogP contribution in [0.3, 0.4) is 0 Å². The quantitative estimate of drug-likeness (QED) is 0.669. The topological polar surface area (TPSA) is 39.2 Å². The summed E-state index contributed by atoms with van der Waals surface area (Å²) in [7, 11) is 0. The number of carbonyl (C=O) groups excluding carboxylic acids is 1. The van der Waals surface area contributed by atoms with Crippen LogP contribution in [-0.4, -0.2) is 10.8 Å². The van der Waals surface area contributed by atoms with Crippen LogP contribution in [0.5, 0.6) is 11.5 Å². The van der Waals surface area contributed by atoms with Gasteiger partial charge in [0.1, 0.15) is 17.3 Å². The first kappa shape index (κ1) is 13.2. The average molecular weight is 281 g/mol. The van der Waals surface area contributed by atoms with E-state index in [0.717, 1.165) is 10.9 Å². The predicted octanol–water partition coefficient (Wildman–Crippen LogP) is 4.37. The molecule has 0 bridgehead atoms. The Hall–Kier alpha value is -2.75. The van der Waals surface area contributed by atoms with Crippen LogP contribution >= 0.6 is 0 Å². The van der Waals surface area contributed by atoms with E-state index in [1.807, 2.05) is 24.3 Å². The lowest BCUT2D eigenvalue weighted by molar-refractivity contribution is 0.101. The number of ketones is 1. The van der Waals surface area contributed by atoms with Gasteiger partial charge in [0.15, 0.2) is 5.78 Å². The molecule has 0 fully saturated rings. The maximum atomic E-state index is 13.7. The summed E-state index contributed by atoms with van der Waals surface area (Å²) < 4.78 is 19.4. The van der Waals surface area contributed by atoms with Crippen LogP contribution < -0.4 is 4.74 Å². The molecule has 4 heteroatoms. The Morgan fingerprint density at radius 1 is 1.14 bits per heavy atom. The van der Waals surface area contributed by atoms with Crippen LogP contribution in [0.25, 0.3) is 10.9 Å². The first-order valence-corrected chi connectivity index (χ1v) is 6.47. The summed E-state index contributed by atoms with van der Waals surface area (Å²) in [5.74, 6) is -0.313. The van der Waals surface area contributed by atoms with Crippen molar-refractivity contribution in [1.29, 1.82) is 0 Å². The zero-order valence-corrected chi connectivity index (χ0v) is 11.3. The van der Waals surface area contributed by atoms with E-state index in [-0.39, 0.29) is 17.1 Å². The minimum Gasteiger partial charge on any atom is -0.455 e. The Morgan fingerprint density at radius 2 is 1.95 bits per heavy atom. The van der Waals surface area contributed by atoms with Gasteiger partial charge in [-0.1, -0.05) is 24.3 Å². The molecule has 0 unspecified atom stereocenters. The van der Waals surface area contributed by atoms with E-state index < -0.39 is 5.82 Å². The van der Waals surface area contributed by atoms with Crippen LogP contribution in [0.2, 0.25) is 0 Å². The molecule has 21 heavy (non-hydrogen) atoms. The van der Waals surface area contributed by atoms with Crippen LogP contribution in [0.4, 0.5) is 4.39 Å². The second-order valence-electron chi connectivity index (χ2n) is 4.63. The normalized spacial score (nSPS) is 10.6. The molecule has 104 valence electrons. The first-order valence-electron chi connectivity index (χ1n) is 6.47. The van der Waals surface area contributed by atoms with Gasteiger partial charge in [-0.05, 0) is 31.2 Å². The Morgan fingerprint density at radius 3 is 2.76 bits per heavy atom. The number of fused-ring (bicyclic) bond motifs is 1. The molecule has 0 aliphatic heterocycles. The number of aromatic nitrogens is 1. The van der Waals surface area contributed by atoms with E-state index in [0.29, 0.717) is 5.75 Å². The van der Waals surface area contributed by atoms with E-state index in [2.05, 4.69) is 4.98 Å². The number of Topliss-reactive ketones (excluding diaryl/α,β-unsaturated/α-hetero) is 1. The zero-order chi connectivity index (χ0) is 14.8. The van der Waals surface area contributed by atoms with E-state index in [1.165, 1.54) is 19.1 Å². The van der Waals surface area contributed by atoms with E-state index in [9.17, 15) is 9.18 Å². The van der Waals surface area contributed by atoms with Gasteiger partial charge in [0.05, 0.1) is 17.3 Å². The van der Waals surface area contributed by atoms with Gasteiger partial charge < -0.3 is 4.74 Å². The molecule has 0 spiro atoms. The molecule has 3 rings (SSSR count). The second-order valence-corrected chi connectivity index (χ2v) is 4.63. The smallest absolute Gasteiger partial charge is 0.166 e. The Bertz CT molecular complexity index is 830. The number of hydrogen-bond acceptors (Lipinski definition) is 3. The minimum absolute atomic E-state index is 0.0503.